The van der Waals surface area contributed by atoms with Gasteiger partial charge < -0.3 is 24.3 Å². The molecule has 1 N–H and O–H groups in total. The zero-order chi connectivity index (χ0) is 18.4. The first kappa shape index (κ1) is 18.4. The first-order chi connectivity index (χ1) is 12.0. The van der Waals surface area contributed by atoms with Gasteiger partial charge in [-0.05, 0) is 36.8 Å². The summed E-state index contributed by atoms with van der Waals surface area (Å²) in [5, 5.41) is 2.96. The Morgan fingerprint density at radius 3 is 1.96 bits per heavy atom. The van der Waals surface area contributed by atoms with Gasteiger partial charge in [0.25, 0.3) is 5.91 Å². The van der Waals surface area contributed by atoms with E-state index in [0.717, 1.165) is 5.56 Å². The highest BCUT2D eigenvalue weighted by atomic mass is 16.5. The maximum atomic E-state index is 12.6. The molecular formula is C19H23NO5. The zero-order valence-electron chi connectivity index (χ0n) is 15.1. The van der Waals surface area contributed by atoms with E-state index in [1.54, 1.807) is 46.6 Å². The van der Waals surface area contributed by atoms with E-state index in [4.69, 9.17) is 18.9 Å². The Kier molecular flexibility index (Phi) is 6.11. The van der Waals surface area contributed by atoms with Gasteiger partial charge in [0.2, 0.25) is 0 Å². The molecule has 25 heavy (non-hydrogen) atoms. The Morgan fingerprint density at radius 2 is 1.44 bits per heavy atom. The molecule has 0 aliphatic rings. The Bertz CT molecular complexity index is 722. The lowest BCUT2D eigenvalue weighted by molar-refractivity contribution is 0.0939. The molecule has 2 rings (SSSR count). The molecule has 134 valence electrons. The molecular weight excluding hydrogens is 322 g/mol. The Morgan fingerprint density at radius 1 is 0.840 bits per heavy atom. The molecule has 6 heteroatoms. The quantitative estimate of drug-likeness (QED) is 0.835. The molecule has 0 saturated heterocycles. The third-order valence-electron chi connectivity index (χ3n) is 3.87. The molecule has 0 fully saturated rings. The van der Waals surface area contributed by atoms with Gasteiger partial charge in [-0.3, -0.25) is 4.79 Å². The number of methoxy groups -OCH3 is 4. The van der Waals surface area contributed by atoms with Crippen LogP contribution in [0.15, 0.2) is 36.4 Å². The molecule has 0 aliphatic heterocycles. The lowest BCUT2D eigenvalue weighted by Gasteiger charge is -2.17. The molecule has 0 saturated carbocycles. The molecule has 1 atom stereocenters. The van der Waals surface area contributed by atoms with Crippen molar-refractivity contribution in [3.8, 4) is 23.0 Å². The van der Waals surface area contributed by atoms with Gasteiger partial charge in [-0.1, -0.05) is 6.07 Å². The second kappa shape index (κ2) is 8.28. The van der Waals surface area contributed by atoms with Crippen LogP contribution in [0.25, 0.3) is 0 Å². The zero-order valence-corrected chi connectivity index (χ0v) is 15.1. The van der Waals surface area contributed by atoms with Crippen molar-refractivity contribution in [1.82, 2.24) is 5.32 Å². The number of carbonyl (C=O) groups is 1. The third-order valence-corrected chi connectivity index (χ3v) is 3.87. The number of benzene rings is 2. The van der Waals surface area contributed by atoms with Crippen LogP contribution in [0.3, 0.4) is 0 Å². The first-order valence-electron chi connectivity index (χ1n) is 7.78. The van der Waals surface area contributed by atoms with Crippen molar-refractivity contribution >= 4 is 5.91 Å². The maximum Gasteiger partial charge on any atom is 0.252 e. The van der Waals surface area contributed by atoms with Gasteiger partial charge in [0.15, 0.2) is 11.5 Å². The van der Waals surface area contributed by atoms with Crippen LogP contribution < -0.4 is 24.3 Å². The van der Waals surface area contributed by atoms with Crippen molar-refractivity contribution in [1.29, 1.82) is 0 Å². The average Bonchev–Trinajstić information content (AvgIpc) is 2.66. The summed E-state index contributed by atoms with van der Waals surface area (Å²) < 4.78 is 20.9. The maximum absolute atomic E-state index is 12.6. The van der Waals surface area contributed by atoms with E-state index in [-0.39, 0.29) is 11.9 Å². The van der Waals surface area contributed by atoms with Gasteiger partial charge in [-0.25, -0.2) is 0 Å². The second-order valence-electron chi connectivity index (χ2n) is 5.41. The molecule has 0 heterocycles. The fourth-order valence-electron chi connectivity index (χ4n) is 2.42. The van der Waals surface area contributed by atoms with Crippen LogP contribution in [0.2, 0.25) is 0 Å². The minimum absolute atomic E-state index is 0.218. The number of nitrogens with one attached hydrogen (secondary N) is 1. The van der Waals surface area contributed by atoms with Crippen molar-refractivity contribution < 1.29 is 23.7 Å². The number of hydrogen-bond donors (Lipinski definition) is 1. The monoisotopic (exact) mass is 345 g/mol. The fraction of sp³-hybridized carbons (Fsp3) is 0.316. The van der Waals surface area contributed by atoms with E-state index in [1.807, 2.05) is 25.1 Å². The molecule has 1 amide bonds. The van der Waals surface area contributed by atoms with Crippen LogP contribution in [0.5, 0.6) is 23.0 Å². The standard InChI is InChI=1S/C19H23NO5/c1-12(13-6-7-17(24-4)18(10-13)25-5)20-19(21)14-8-15(22-2)11-16(9-14)23-3/h6-12H,1-5H3,(H,20,21). The van der Waals surface area contributed by atoms with E-state index >= 15 is 0 Å². The summed E-state index contributed by atoms with van der Waals surface area (Å²) in [6.45, 7) is 1.90. The molecule has 2 aromatic rings. The van der Waals surface area contributed by atoms with E-state index in [0.29, 0.717) is 28.6 Å². The lowest BCUT2D eigenvalue weighted by Crippen LogP contribution is -2.26. The lowest BCUT2D eigenvalue weighted by atomic mass is 10.1. The van der Waals surface area contributed by atoms with Gasteiger partial charge in [0, 0.05) is 11.6 Å². The average molecular weight is 345 g/mol. The highest BCUT2D eigenvalue weighted by Crippen LogP contribution is 2.30. The summed E-state index contributed by atoms with van der Waals surface area (Å²) in [6.07, 6.45) is 0. The van der Waals surface area contributed by atoms with E-state index in [9.17, 15) is 4.79 Å². The number of hydrogen-bond acceptors (Lipinski definition) is 5. The van der Waals surface area contributed by atoms with Crippen LogP contribution in [-0.4, -0.2) is 34.3 Å². The van der Waals surface area contributed by atoms with Gasteiger partial charge in [0.1, 0.15) is 11.5 Å². The summed E-state index contributed by atoms with van der Waals surface area (Å²) in [6, 6.07) is 10.4. The summed E-state index contributed by atoms with van der Waals surface area (Å²) in [4.78, 5) is 12.6. The largest absolute Gasteiger partial charge is 0.497 e. The van der Waals surface area contributed by atoms with Crippen LogP contribution in [-0.2, 0) is 0 Å². The number of amides is 1. The van der Waals surface area contributed by atoms with E-state index in [1.165, 1.54) is 0 Å². The van der Waals surface area contributed by atoms with Gasteiger partial charge in [0.05, 0.1) is 34.5 Å². The minimum Gasteiger partial charge on any atom is -0.497 e. The highest BCUT2D eigenvalue weighted by molar-refractivity contribution is 5.95. The third kappa shape index (κ3) is 4.35. The normalized spacial score (nSPS) is 11.4. The van der Waals surface area contributed by atoms with Gasteiger partial charge >= 0.3 is 0 Å². The van der Waals surface area contributed by atoms with Crippen LogP contribution in [0.4, 0.5) is 0 Å². The summed E-state index contributed by atoms with van der Waals surface area (Å²) >= 11 is 0. The van der Waals surface area contributed by atoms with Crippen LogP contribution in [0, 0.1) is 0 Å². The van der Waals surface area contributed by atoms with Gasteiger partial charge in [-0.2, -0.15) is 0 Å². The fourth-order valence-corrected chi connectivity index (χ4v) is 2.42. The molecule has 0 radical (unpaired) electrons. The summed E-state index contributed by atoms with van der Waals surface area (Å²) in [7, 11) is 6.25. The van der Waals surface area contributed by atoms with Gasteiger partial charge in [-0.15, -0.1) is 0 Å². The van der Waals surface area contributed by atoms with Crippen molar-refractivity contribution in [3.05, 3.63) is 47.5 Å². The molecule has 0 spiro atoms. The Labute approximate surface area is 147 Å². The highest BCUT2D eigenvalue weighted by Gasteiger charge is 2.15. The first-order valence-corrected chi connectivity index (χ1v) is 7.78. The number of carbonyl (C=O) groups excluding carboxylic acids is 1. The predicted octanol–water partition coefficient (Wildman–Crippen LogP) is 3.21. The Balaban J connectivity index is 2.20. The Hall–Kier alpha value is -2.89. The molecule has 0 bridgehead atoms. The number of ether oxygens (including phenoxy) is 4. The SMILES string of the molecule is COc1cc(OC)cc(C(=O)NC(C)c2ccc(OC)c(OC)c2)c1. The molecule has 0 aromatic heterocycles. The molecule has 2 aromatic carbocycles. The van der Waals surface area contributed by atoms with Crippen LogP contribution >= 0.6 is 0 Å². The topological polar surface area (TPSA) is 66.0 Å². The van der Waals surface area contributed by atoms with Crippen molar-refractivity contribution in [2.75, 3.05) is 28.4 Å². The summed E-state index contributed by atoms with van der Waals surface area (Å²) in [5.74, 6) is 2.15. The molecule has 6 nitrogen and oxygen atoms in total. The van der Waals surface area contributed by atoms with Crippen molar-refractivity contribution in [3.63, 3.8) is 0 Å². The number of rotatable bonds is 7. The second-order valence-corrected chi connectivity index (χ2v) is 5.41. The van der Waals surface area contributed by atoms with E-state index < -0.39 is 0 Å². The minimum atomic E-state index is -0.223. The van der Waals surface area contributed by atoms with Crippen LogP contribution in [0.1, 0.15) is 28.9 Å². The molecule has 0 aliphatic carbocycles. The smallest absolute Gasteiger partial charge is 0.252 e. The van der Waals surface area contributed by atoms with Crippen molar-refractivity contribution in [2.45, 2.75) is 13.0 Å². The van der Waals surface area contributed by atoms with E-state index in [2.05, 4.69) is 5.32 Å². The summed E-state index contributed by atoms with van der Waals surface area (Å²) in [5.41, 5.74) is 1.37. The van der Waals surface area contributed by atoms with Crippen molar-refractivity contribution in [2.24, 2.45) is 0 Å². The predicted molar refractivity (Wildman–Crippen MR) is 95.0 cm³/mol. The molecule has 1 unspecified atom stereocenters.